The molecule has 4 rings (SSSR count). The van der Waals surface area contributed by atoms with Gasteiger partial charge in [-0.15, -0.1) is 0 Å². The van der Waals surface area contributed by atoms with E-state index in [9.17, 15) is 9.59 Å². The molecule has 0 bridgehead atoms. The van der Waals surface area contributed by atoms with E-state index in [1.54, 1.807) is 36.4 Å². The molecule has 1 aliphatic rings. The molecule has 0 saturated carbocycles. The molecule has 8 heteroatoms. The molecule has 1 aliphatic heterocycles. The van der Waals surface area contributed by atoms with Gasteiger partial charge >= 0.3 is 0 Å². The van der Waals surface area contributed by atoms with E-state index in [0.29, 0.717) is 33.5 Å². The van der Waals surface area contributed by atoms with Gasteiger partial charge in [-0.05, 0) is 43.2 Å². The summed E-state index contributed by atoms with van der Waals surface area (Å²) in [6, 6.07) is 20.0. The zero-order valence-electron chi connectivity index (χ0n) is 19.7. The van der Waals surface area contributed by atoms with E-state index in [4.69, 9.17) is 21.1 Å². The fourth-order valence-electron chi connectivity index (χ4n) is 4.18. The van der Waals surface area contributed by atoms with E-state index in [-0.39, 0.29) is 17.7 Å². The summed E-state index contributed by atoms with van der Waals surface area (Å²) in [6.07, 6.45) is 1.45. The lowest BCUT2D eigenvalue weighted by molar-refractivity contribution is -0.120. The summed E-state index contributed by atoms with van der Waals surface area (Å²) in [5, 5.41) is 6.54. The number of rotatable bonds is 7. The Morgan fingerprint density at radius 3 is 2.09 bits per heavy atom. The van der Waals surface area contributed by atoms with Crippen LogP contribution in [0.5, 0.6) is 11.5 Å². The van der Waals surface area contributed by atoms with Crippen molar-refractivity contribution in [2.45, 2.75) is 12.8 Å². The van der Waals surface area contributed by atoms with Crippen LogP contribution in [-0.2, 0) is 4.79 Å². The summed E-state index contributed by atoms with van der Waals surface area (Å²) in [5.74, 6) is 0.380. The number of amides is 2. The number of hydrogen-bond acceptors (Lipinski definition) is 5. The van der Waals surface area contributed by atoms with Crippen molar-refractivity contribution in [1.82, 2.24) is 0 Å². The van der Waals surface area contributed by atoms with Gasteiger partial charge in [0.15, 0.2) is 0 Å². The minimum atomic E-state index is -0.269. The van der Waals surface area contributed by atoms with Gasteiger partial charge in [0.05, 0.1) is 25.6 Å². The average Bonchev–Trinajstić information content (AvgIpc) is 2.89. The third kappa shape index (κ3) is 5.87. The second-order valence-corrected chi connectivity index (χ2v) is 8.74. The van der Waals surface area contributed by atoms with Crippen molar-refractivity contribution in [3.05, 3.63) is 77.3 Å². The molecular formula is C27H28ClN3O4. The first-order valence-corrected chi connectivity index (χ1v) is 11.8. The summed E-state index contributed by atoms with van der Waals surface area (Å²) >= 11 is 6.12. The zero-order valence-corrected chi connectivity index (χ0v) is 20.5. The lowest BCUT2D eigenvalue weighted by Gasteiger charge is -2.33. The Morgan fingerprint density at radius 2 is 1.49 bits per heavy atom. The second-order valence-electron chi connectivity index (χ2n) is 8.30. The van der Waals surface area contributed by atoms with Crippen molar-refractivity contribution in [2.75, 3.05) is 42.8 Å². The third-order valence-electron chi connectivity index (χ3n) is 6.10. The summed E-state index contributed by atoms with van der Waals surface area (Å²) < 4.78 is 11.0. The van der Waals surface area contributed by atoms with Crippen molar-refractivity contribution in [3.63, 3.8) is 0 Å². The number of hydrogen-bond donors (Lipinski definition) is 2. The molecule has 1 fully saturated rings. The molecule has 2 N–H and O–H groups in total. The Bertz CT molecular complexity index is 1190. The molecule has 0 aliphatic carbocycles. The summed E-state index contributed by atoms with van der Waals surface area (Å²) in [4.78, 5) is 27.9. The van der Waals surface area contributed by atoms with Gasteiger partial charge in [-0.25, -0.2) is 0 Å². The molecule has 1 saturated heterocycles. The van der Waals surface area contributed by atoms with Crippen molar-refractivity contribution < 1.29 is 19.1 Å². The molecule has 0 aromatic heterocycles. The number of carbonyl (C=O) groups is 2. The third-order valence-corrected chi connectivity index (χ3v) is 6.34. The molecule has 0 spiro atoms. The van der Waals surface area contributed by atoms with Crippen LogP contribution in [-0.4, -0.2) is 39.1 Å². The summed E-state index contributed by atoms with van der Waals surface area (Å²) in [7, 11) is 3.03. The van der Waals surface area contributed by atoms with Crippen LogP contribution in [0.4, 0.5) is 17.1 Å². The van der Waals surface area contributed by atoms with Crippen molar-refractivity contribution >= 4 is 40.5 Å². The number of nitrogens with zero attached hydrogens (tertiary/aromatic N) is 1. The van der Waals surface area contributed by atoms with Crippen molar-refractivity contribution in [2.24, 2.45) is 5.92 Å². The van der Waals surface area contributed by atoms with Crippen LogP contribution in [0.3, 0.4) is 0 Å². The number of halogens is 1. The van der Waals surface area contributed by atoms with Crippen LogP contribution < -0.4 is 25.0 Å². The average molecular weight is 494 g/mol. The Morgan fingerprint density at radius 1 is 0.857 bits per heavy atom. The minimum Gasteiger partial charge on any atom is -0.494 e. The standard InChI is InChI=1S/C27H28ClN3O4/c1-34-24-17-23(25(35-2)16-22(24)29-26(32)18-7-4-3-5-8-18)30-27(33)19-11-13-31(14-12-19)21-10-6-9-20(28)15-21/h3-10,15-17,19H,11-14H2,1-2H3,(H,29,32)(H,30,33). The number of methoxy groups -OCH3 is 2. The Hall–Kier alpha value is -3.71. The molecule has 7 nitrogen and oxygen atoms in total. The van der Waals surface area contributed by atoms with Gasteiger partial charge in [0, 0.05) is 47.4 Å². The maximum Gasteiger partial charge on any atom is 0.255 e. The highest BCUT2D eigenvalue weighted by molar-refractivity contribution is 6.30. The topological polar surface area (TPSA) is 79.9 Å². The van der Waals surface area contributed by atoms with Gasteiger partial charge in [0.1, 0.15) is 11.5 Å². The fourth-order valence-corrected chi connectivity index (χ4v) is 4.37. The van der Waals surface area contributed by atoms with E-state index in [2.05, 4.69) is 15.5 Å². The van der Waals surface area contributed by atoms with Gasteiger partial charge in [-0.1, -0.05) is 35.9 Å². The predicted octanol–water partition coefficient (Wildman–Crippen LogP) is 5.46. The smallest absolute Gasteiger partial charge is 0.255 e. The molecular weight excluding hydrogens is 466 g/mol. The van der Waals surface area contributed by atoms with Gasteiger partial charge in [-0.2, -0.15) is 0 Å². The molecule has 1 heterocycles. The number of piperidine rings is 1. The molecule has 3 aromatic rings. The first-order valence-electron chi connectivity index (χ1n) is 11.4. The van der Waals surface area contributed by atoms with Crippen molar-refractivity contribution in [3.8, 4) is 11.5 Å². The maximum absolute atomic E-state index is 13.1. The highest BCUT2D eigenvalue weighted by atomic mass is 35.5. The van der Waals surface area contributed by atoms with Gasteiger partial charge < -0.3 is 25.0 Å². The Balaban J connectivity index is 1.44. The highest BCUT2D eigenvalue weighted by Gasteiger charge is 2.26. The largest absolute Gasteiger partial charge is 0.494 e. The van der Waals surface area contributed by atoms with Crippen LogP contribution in [0.25, 0.3) is 0 Å². The van der Waals surface area contributed by atoms with Crippen LogP contribution in [0, 0.1) is 5.92 Å². The van der Waals surface area contributed by atoms with Gasteiger partial charge in [0.2, 0.25) is 5.91 Å². The molecule has 2 amide bonds. The number of anilines is 3. The molecule has 182 valence electrons. The molecule has 35 heavy (non-hydrogen) atoms. The highest BCUT2D eigenvalue weighted by Crippen LogP contribution is 2.37. The Labute approximate surface area is 210 Å². The zero-order chi connectivity index (χ0) is 24.8. The number of carbonyl (C=O) groups excluding carboxylic acids is 2. The van der Waals surface area contributed by atoms with E-state index >= 15 is 0 Å². The lowest BCUT2D eigenvalue weighted by atomic mass is 9.95. The van der Waals surface area contributed by atoms with Crippen LogP contribution in [0.2, 0.25) is 5.02 Å². The number of benzene rings is 3. The molecule has 0 radical (unpaired) electrons. The SMILES string of the molecule is COc1cc(NC(=O)C2CCN(c3cccc(Cl)c3)CC2)c(OC)cc1NC(=O)c1ccccc1. The summed E-state index contributed by atoms with van der Waals surface area (Å²) in [6.45, 7) is 1.53. The summed E-state index contributed by atoms with van der Waals surface area (Å²) in [5.41, 5.74) is 2.53. The van der Waals surface area contributed by atoms with E-state index in [0.717, 1.165) is 31.6 Å². The second kappa shape index (κ2) is 11.1. The van der Waals surface area contributed by atoms with Crippen LogP contribution >= 0.6 is 11.6 Å². The number of ether oxygens (including phenoxy) is 2. The van der Waals surface area contributed by atoms with E-state index < -0.39 is 0 Å². The lowest BCUT2D eigenvalue weighted by Crippen LogP contribution is -2.38. The first-order chi connectivity index (χ1) is 17.0. The quantitative estimate of drug-likeness (QED) is 0.456. The van der Waals surface area contributed by atoms with E-state index in [1.165, 1.54) is 14.2 Å². The molecule has 3 aromatic carbocycles. The van der Waals surface area contributed by atoms with E-state index in [1.807, 2.05) is 30.3 Å². The monoisotopic (exact) mass is 493 g/mol. The van der Waals surface area contributed by atoms with Gasteiger partial charge in [0.25, 0.3) is 5.91 Å². The number of nitrogens with one attached hydrogen (secondary N) is 2. The minimum absolute atomic E-state index is 0.0721. The normalized spacial score (nSPS) is 13.7. The first kappa shape index (κ1) is 24.4. The van der Waals surface area contributed by atoms with Crippen LogP contribution in [0.15, 0.2) is 66.7 Å². The predicted molar refractivity (Wildman–Crippen MR) is 139 cm³/mol. The van der Waals surface area contributed by atoms with Crippen LogP contribution in [0.1, 0.15) is 23.2 Å². The maximum atomic E-state index is 13.1. The Kier molecular flexibility index (Phi) is 7.77. The van der Waals surface area contributed by atoms with Gasteiger partial charge in [-0.3, -0.25) is 9.59 Å². The molecule has 0 unspecified atom stereocenters. The van der Waals surface area contributed by atoms with Crippen molar-refractivity contribution in [1.29, 1.82) is 0 Å². The fraction of sp³-hybridized carbons (Fsp3) is 0.259. The molecule has 0 atom stereocenters.